The summed E-state index contributed by atoms with van der Waals surface area (Å²) in [6.45, 7) is 2.86. The summed E-state index contributed by atoms with van der Waals surface area (Å²) in [5.74, 6) is 0. The molecule has 0 fully saturated rings. The molecule has 0 aromatic heterocycles. The highest BCUT2D eigenvalue weighted by molar-refractivity contribution is 5.90. The van der Waals surface area contributed by atoms with E-state index in [1.54, 1.807) is 29.2 Å². The second-order valence-electron chi connectivity index (χ2n) is 4.15. The van der Waals surface area contributed by atoms with Gasteiger partial charge in [-0.2, -0.15) is 5.26 Å². The number of para-hydroxylation sites is 1. The van der Waals surface area contributed by atoms with Gasteiger partial charge in [0.1, 0.15) is 6.07 Å². The summed E-state index contributed by atoms with van der Waals surface area (Å²) >= 11 is 0. The van der Waals surface area contributed by atoms with Gasteiger partial charge in [0, 0.05) is 13.1 Å². The van der Waals surface area contributed by atoms with Gasteiger partial charge in [0.15, 0.2) is 0 Å². The van der Waals surface area contributed by atoms with Crippen molar-refractivity contribution in [1.29, 1.82) is 5.26 Å². The zero-order valence-electron chi connectivity index (χ0n) is 11.1. The second-order valence-corrected chi connectivity index (χ2v) is 4.15. The average molecular weight is 261 g/mol. The fourth-order valence-corrected chi connectivity index (χ4v) is 1.67. The second kappa shape index (κ2) is 8.11. The van der Waals surface area contributed by atoms with Crippen molar-refractivity contribution in [3.8, 4) is 6.07 Å². The molecule has 102 valence electrons. The molecule has 1 aromatic rings. The Balaban J connectivity index is 2.72. The van der Waals surface area contributed by atoms with E-state index in [9.17, 15) is 4.79 Å². The number of anilines is 1. The van der Waals surface area contributed by atoms with Crippen LogP contribution in [0.3, 0.4) is 0 Å². The molecule has 0 aliphatic heterocycles. The molecule has 1 aromatic carbocycles. The molecule has 5 nitrogen and oxygen atoms in total. The maximum Gasteiger partial charge on any atom is 0.321 e. The number of hydrogen-bond donors (Lipinski definition) is 2. The molecule has 1 rings (SSSR count). The SMILES string of the molecule is CCCCN(CCO)C(=O)Nc1ccccc1C#N. The summed E-state index contributed by atoms with van der Waals surface area (Å²) < 4.78 is 0. The summed E-state index contributed by atoms with van der Waals surface area (Å²) in [4.78, 5) is 13.6. The molecule has 0 unspecified atom stereocenters. The van der Waals surface area contributed by atoms with Crippen molar-refractivity contribution in [2.24, 2.45) is 0 Å². The highest BCUT2D eigenvalue weighted by Gasteiger charge is 2.13. The van der Waals surface area contributed by atoms with Crippen LogP contribution < -0.4 is 5.32 Å². The van der Waals surface area contributed by atoms with Crippen LogP contribution in [-0.2, 0) is 0 Å². The summed E-state index contributed by atoms with van der Waals surface area (Å²) in [6, 6.07) is 8.59. The third-order valence-corrected chi connectivity index (χ3v) is 2.73. The van der Waals surface area contributed by atoms with Gasteiger partial charge < -0.3 is 15.3 Å². The lowest BCUT2D eigenvalue weighted by Gasteiger charge is -2.22. The molecule has 0 atom stereocenters. The lowest BCUT2D eigenvalue weighted by molar-refractivity contribution is 0.187. The largest absolute Gasteiger partial charge is 0.395 e. The van der Waals surface area contributed by atoms with Crippen LogP contribution in [0, 0.1) is 11.3 Å². The van der Waals surface area contributed by atoms with Crippen molar-refractivity contribution >= 4 is 11.7 Å². The molecule has 0 spiro atoms. The van der Waals surface area contributed by atoms with E-state index in [-0.39, 0.29) is 12.6 Å². The van der Waals surface area contributed by atoms with Gasteiger partial charge in [0.2, 0.25) is 0 Å². The molecule has 0 bridgehead atoms. The third kappa shape index (κ3) is 4.60. The van der Waals surface area contributed by atoms with Crippen LogP contribution >= 0.6 is 0 Å². The molecule has 5 heteroatoms. The number of urea groups is 1. The number of nitriles is 1. The minimum absolute atomic E-state index is 0.0724. The molecule has 2 N–H and O–H groups in total. The van der Waals surface area contributed by atoms with Gasteiger partial charge in [-0.25, -0.2) is 4.79 Å². The minimum Gasteiger partial charge on any atom is -0.395 e. The van der Waals surface area contributed by atoms with Gasteiger partial charge in [0.05, 0.1) is 17.9 Å². The van der Waals surface area contributed by atoms with Crippen LogP contribution in [0.2, 0.25) is 0 Å². The Morgan fingerprint density at radius 3 is 2.79 bits per heavy atom. The number of aliphatic hydroxyl groups is 1. The number of rotatable bonds is 6. The van der Waals surface area contributed by atoms with Crippen LogP contribution in [0.1, 0.15) is 25.3 Å². The van der Waals surface area contributed by atoms with Crippen molar-refractivity contribution in [3.63, 3.8) is 0 Å². The summed E-state index contributed by atoms with van der Waals surface area (Å²) in [5.41, 5.74) is 0.921. The normalized spacial score (nSPS) is 9.74. The van der Waals surface area contributed by atoms with E-state index in [1.807, 2.05) is 13.0 Å². The predicted octanol–water partition coefficient (Wildman–Crippen LogP) is 2.18. The van der Waals surface area contributed by atoms with Crippen molar-refractivity contribution < 1.29 is 9.90 Å². The Kier molecular flexibility index (Phi) is 6.41. The molecule has 19 heavy (non-hydrogen) atoms. The number of amides is 2. The van der Waals surface area contributed by atoms with E-state index in [2.05, 4.69) is 5.32 Å². The predicted molar refractivity (Wildman–Crippen MR) is 73.7 cm³/mol. The highest BCUT2D eigenvalue weighted by atomic mass is 16.3. The molecular weight excluding hydrogens is 242 g/mol. The Morgan fingerprint density at radius 2 is 2.16 bits per heavy atom. The number of nitrogens with zero attached hydrogens (tertiary/aromatic N) is 2. The summed E-state index contributed by atoms with van der Waals surface area (Å²) in [5, 5.41) is 20.6. The van der Waals surface area contributed by atoms with Crippen LogP contribution in [0.15, 0.2) is 24.3 Å². The maximum atomic E-state index is 12.1. The van der Waals surface area contributed by atoms with Crippen molar-refractivity contribution in [3.05, 3.63) is 29.8 Å². The first-order valence-electron chi connectivity index (χ1n) is 6.38. The van der Waals surface area contributed by atoms with E-state index < -0.39 is 0 Å². The number of carbonyl (C=O) groups excluding carboxylic acids is 1. The van der Waals surface area contributed by atoms with E-state index >= 15 is 0 Å². The number of aliphatic hydroxyl groups excluding tert-OH is 1. The molecule has 0 radical (unpaired) electrons. The highest BCUT2D eigenvalue weighted by Crippen LogP contribution is 2.14. The van der Waals surface area contributed by atoms with Crippen molar-refractivity contribution in [1.82, 2.24) is 4.90 Å². The van der Waals surface area contributed by atoms with Gasteiger partial charge in [-0.15, -0.1) is 0 Å². The Hall–Kier alpha value is -2.06. The smallest absolute Gasteiger partial charge is 0.321 e. The average Bonchev–Trinajstić information content (AvgIpc) is 2.44. The van der Waals surface area contributed by atoms with E-state index in [4.69, 9.17) is 10.4 Å². The minimum atomic E-state index is -0.287. The molecule has 0 saturated carbocycles. The van der Waals surface area contributed by atoms with E-state index in [0.29, 0.717) is 24.3 Å². The van der Waals surface area contributed by atoms with Crippen LogP contribution in [0.4, 0.5) is 10.5 Å². The standard InChI is InChI=1S/C14H19N3O2/c1-2-3-8-17(9-10-18)14(19)16-13-7-5-4-6-12(13)11-15/h4-7,18H,2-3,8-10H2,1H3,(H,16,19). The number of hydrogen-bond acceptors (Lipinski definition) is 3. The first kappa shape index (κ1) is 15.0. The zero-order valence-corrected chi connectivity index (χ0v) is 11.1. The fraction of sp³-hybridized carbons (Fsp3) is 0.429. The van der Waals surface area contributed by atoms with Crippen LogP contribution in [0.5, 0.6) is 0 Å². The van der Waals surface area contributed by atoms with Crippen molar-refractivity contribution in [2.75, 3.05) is 25.0 Å². The molecular formula is C14H19N3O2. The molecule has 0 saturated heterocycles. The first-order chi connectivity index (χ1) is 9.22. The lowest BCUT2D eigenvalue weighted by Crippen LogP contribution is -2.37. The summed E-state index contributed by atoms with van der Waals surface area (Å²) in [6.07, 6.45) is 1.86. The molecule has 0 heterocycles. The van der Waals surface area contributed by atoms with E-state index in [1.165, 1.54) is 0 Å². The van der Waals surface area contributed by atoms with Gasteiger partial charge >= 0.3 is 6.03 Å². The Bertz CT molecular complexity index is 454. The number of nitrogens with one attached hydrogen (secondary N) is 1. The van der Waals surface area contributed by atoms with Gasteiger partial charge in [0.25, 0.3) is 0 Å². The first-order valence-corrected chi connectivity index (χ1v) is 6.38. The third-order valence-electron chi connectivity index (χ3n) is 2.73. The molecule has 0 aliphatic carbocycles. The van der Waals surface area contributed by atoms with Gasteiger partial charge in [-0.1, -0.05) is 25.5 Å². The van der Waals surface area contributed by atoms with Crippen LogP contribution in [-0.4, -0.2) is 35.7 Å². The van der Waals surface area contributed by atoms with Gasteiger partial charge in [-0.05, 0) is 18.6 Å². The summed E-state index contributed by atoms with van der Waals surface area (Å²) in [7, 11) is 0. The van der Waals surface area contributed by atoms with Crippen LogP contribution in [0.25, 0.3) is 0 Å². The number of benzene rings is 1. The lowest BCUT2D eigenvalue weighted by atomic mass is 10.2. The Morgan fingerprint density at radius 1 is 1.42 bits per heavy atom. The fourth-order valence-electron chi connectivity index (χ4n) is 1.67. The van der Waals surface area contributed by atoms with E-state index in [0.717, 1.165) is 12.8 Å². The number of unbranched alkanes of at least 4 members (excludes halogenated alkanes) is 1. The zero-order chi connectivity index (χ0) is 14.1. The number of carbonyl (C=O) groups is 1. The molecule has 0 aliphatic rings. The van der Waals surface area contributed by atoms with Gasteiger partial charge in [-0.3, -0.25) is 0 Å². The Labute approximate surface area is 113 Å². The quantitative estimate of drug-likeness (QED) is 0.824. The topological polar surface area (TPSA) is 76.4 Å². The maximum absolute atomic E-state index is 12.1. The van der Waals surface area contributed by atoms with Crippen molar-refractivity contribution in [2.45, 2.75) is 19.8 Å². The molecule has 2 amide bonds. The monoisotopic (exact) mass is 261 g/mol.